The van der Waals surface area contributed by atoms with E-state index in [2.05, 4.69) is 51.1 Å². The summed E-state index contributed by atoms with van der Waals surface area (Å²) in [5, 5.41) is 15.5. The molecule has 0 saturated carbocycles. The standard InChI is InChI=1S/C25H32N6O2/c1-31(2,3)20-24(32)28-25(33)29-27-16-23(14-15-26)19-30(17-21-10-6-4-7-11-21)18-22-12-8-5-9-13-22/h4-13,16,23H,14,17-20H2,1-3H3,(H-,28,29,32,33)/p+1/b27-16-/t23-/m0/s1. The number of carbonyl (C=O) groups excluding carboxylic acids is 2. The van der Waals surface area contributed by atoms with Crippen LogP contribution in [-0.2, 0) is 17.9 Å². The van der Waals surface area contributed by atoms with E-state index < -0.39 is 6.03 Å². The maximum Gasteiger partial charge on any atom is 0.341 e. The van der Waals surface area contributed by atoms with E-state index in [0.717, 1.165) is 13.1 Å². The summed E-state index contributed by atoms with van der Waals surface area (Å²) in [6, 6.07) is 21.8. The van der Waals surface area contributed by atoms with Crippen LogP contribution in [0.15, 0.2) is 65.8 Å². The Bertz CT molecular complexity index is 907. The van der Waals surface area contributed by atoms with E-state index in [0.29, 0.717) is 11.0 Å². The number of imide groups is 1. The van der Waals surface area contributed by atoms with Crippen LogP contribution in [-0.4, -0.2) is 61.8 Å². The molecule has 3 amide bonds. The minimum Gasteiger partial charge on any atom is -0.323 e. The Morgan fingerprint density at radius 1 is 1.03 bits per heavy atom. The first-order chi connectivity index (χ1) is 15.7. The van der Waals surface area contributed by atoms with E-state index in [-0.39, 0.29) is 24.8 Å². The molecule has 0 aromatic heterocycles. The number of amides is 3. The lowest BCUT2D eigenvalue weighted by molar-refractivity contribution is -0.862. The first-order valence-electron chi connectivity index (χ1n) is 10.9. The summed E-state index contributed by atoms with van der Waals surface area (Å²) < 4.78 is 0.408. The van der Waals surface area contributed by atoms with Crippen molar-refractivity contribution in [1.29, 1.82) is 5.26 Å². The molecule has 0 radical (unpaired) electrons. The predicted octanol–water partition coefficient (Wildman–Crippen LogP) is 2.74. The minimum absolute atomic E-state index is 0.169. The van der Waals surface area contributed by atoms with E-state index in [1.54, 1.807) is 6.21 Å². The van der Waals surface area contributed by atoms with Gasteiger partial charge in [-0.2, -0.15) is 10.4 Å². The number of nitrogens with one attached hydrogen (secondary N) is 2. The molecule has 0 saturated heterocycles. The highest BCUT2D eigenvalue weighted by Gasteiger charge is 2.17. The van der Waals surface area contributed by atoms with Crippen LogP contribution in [0.25, 0.3) is 0 Å². The quantitative estimate of drug-likeness (QED) is 0.313. The number of nitriles is 1. The van der Waals surface area contributed by atoms with Gasteiger partial charge in [-0.15, -0.1) is 0 Å². The summed E-state index contributed by atoms with van der Waals surface area (Å²) >= 11 is 0. The molecule has 2 rings (SSSR count). The Kier molecular flexibility index (Phi) is 10.2. The Morgan fingerprint density at radius 2 is 1.58 bits per heavy atom. The van der Waals surface area contributed by atoms with Crippen molar-refractivity contribution in [2.75, 3.05) is 34.2 Å². The number of benzene rings is 2. The van der Waals surface area contributed by atoms with Crippen molar-refractivity contribution in [2.45, 2.75) is 19.5 Å². The molecule has 0 bridgehead atoms. The van der Waals surface area contributed by atoms with Gasteiger partial charge in [-0.05, 0) is 11.1 Å². The summed E-state index contributed by atoms with van der Waals surface area (Å²) in [4.78, 5) is 26.1. The molecule has 174 valence electrons. The molecular weight excluding hydrogens is 416 g/mol. The van der Waals surface area contributed by atoms with Gasteiger partial charge in [0.05, 0.1) is 27.2 Å². The summed E-state index contributed by atoms with van der Waals surface area (Å²) in [7, 11) is 5.58. The van der Waals surface area contributed by atoms with E-state index in [1.807, 2.05) is 57.5 Å². The summed E-state index contributed by atoms with van der Waals surface area (Å²) in [5.74, 6) is -0.578. The number of hydrogen-bond acceptors (Lipinski definition) is 5. The Labute approximate surface area is 196 Å². The zero-order chi connectivity index (χ0) is 24.1. The van der Waals surface area contributed by atoms with Crippen molar-refractivity contribution in [3.05, 3.63) is 71.8 Å². The third kappa shape index (κ3) is 11.1. The van der Waals surface area contributed by atoms with Gasteiger partial charge in [-0.1, -0.05) is 60.7 Å². The van der Waals surface area contributed by atoms with Crippen LogP contribution in [0.5, 0.6) is 0 Å². The zero-order valence-corrected chi connectivity index (χ0v) is 19.6. The van der Waals surface area contributed by atoms with Crippen LogP contribution in [0.2, 0.25) is 0 Å². The molecule has 33 heavy (non-hydrogen) atoms. The van der Waals surface area contributed by atoms with Gasteiger partial charge in [0.2, 0.25) is 0 Å². The molecule has 2 aromatic rings. The first kappa shape index (κ1) is 25.7. The second kappa shape index (κ2) is 13.1. The predicted molar refractivity (Wildman–Crippen MR) is 129 cm³/mol. The molecule has 0 aliphatic carbocycles. The fourth-order valence-electron chi connectivity index (χ4n) is 3.31. The molecule has 0 aliphatic rings. The van der Waals surface area contributed by atoms with Crippen molar-refractivity contribution in [3.63, 3.8) is 0 Å². The maximum absolute atomic E-state index is 11.9. The molecule has 8 heteroatoms. The van der Waals surface area contributed by atoms with Gasteiger partial charge in [-0.25, -0.2) is 10.2 Å². The van der Waals surface area contributed by atoms with E-state index in [9.17, 15) is 14.9 Å². The normalized spacial score (nSPS) is 12.3. The van der Waals surface area contributed by atoms with E-state index in [1.165, 1.54) is 11.1 Å². The Morgan fingerprint density at radius 3 is 2.06 bits per heavy atom. The number of nitrogens with zero attached hydrogens (tertiary/aromatic N) is 4. The molecule has 0 spiro atoms. The van der Waals surface area contributed by atoms with Crippen LogP contribution in [0, 0.1) is 17.2 Å². The van der Waals surface area contributed by atoms with Gasteiger partial charge < -0.3 is 4.48 Å². The van der Waals surface area contributed by atoms with Gasteiger partial charge in [0.15, 0.2) is 6.54 Å². The second-order valence-electron chi connectivity index (χ2n) is 8.98. The maximum atomic E-state index is 11.9. The molecule has 0 fully saturated rings. The average molecular weight is 450 g/mol. The fourth-order valence-corrected chi connectivity index (χ4v) is 3.31. The lowest BCUT2D eigenvalue weighted by Gasteiger charge is -2.25. The molecule has 2 N–H and O–H groups in total. The Hall–Kier alpha value is -3.54. The first-order valence-corrected chi connectivity index (χ1v) is 10.9. The number of likely N-dealkylation sites (N-methyl/N-ethyl adjacent to an activating group) is 1. The SMILES string of the molecule is C[N+](C)(C)CC(=O)NC(=O)N/N=C\[C@H](CC#N)CN(Cc1ccccc1)Cc1ccccc1. The average Bonchev–Trinajstić information content (AvgIpc) is 2.74. The lowest BCUT2D eigenvalue weighted by Crippen LogP contribution is -2.47. The number of urea groups is 1. The summed E-state index contributed by atoms with van der Waals surface area (Å²) in [6.45, 7) is 2.20. The number of hydrogen-bond donors (Lipinski definition) is 2. The minimum atomic E-state index is -0.689. The van der Waals surface area contributed by atoms with Gasteiger partial charge in [0.25, 0.3) is 5.91 Å². The van der Waals surface area contributed by atoms with Gasteiger partial charge in [0, 0.05) is 38.2 Å². The molecule has 0 aliphatic heterocycles. The number of hydrazone groups is 1. The highest BCUT2D eigenvalue weighted by atomic mass is 16.2. The number of rotatable bonds is 11. The molecule has 2 aromatic carbocycles. The number of carbonyl (C=O) groups is 2. The van der Waals surface area contributed by atoms with Crippen LogP contribution in [0.3, 0.4) is 0 Å². The topological polar surface area (TPSA) is 97.6 Å². The number of quaternary nitrogens is 1. The monoisotopic (exact) mass is 449 g/mol. The van der Waals surface area contributed by atoms with Crippen LogP contribution in [0.1, 0.15) is 17.5 Å². The fraction of sp³-hybridized carbons (Fsp3) is 0.360. The Balaban J connectivity index is 2.00. The van der Waals surface area contributed by atoms with Crippen molar-refractivity contribution >= 4 is 18.2 Å². The van der Waals surface area contributed by atoms with Crippen LogP contribution >= 0.6 is 0 Å². The largest absolute Gasteiger partial charge is 0.341 e. The van der Waals surface area contributed by atoms with Crippen LogP contribution in [0.4, 0.5) is 4.79 Å². The van der Waals surface area contributed by atoms with Gasteiger partial charge >= 0.3 is 6.03 Å². The summed E-state index contributed by atoms with van der Waals surface area (Å²) in [5.41, 5.74) is 4.68. The molecule has 0 heterocycles. The third-order valence-electron chi connectivity index (χ3n) is 4.67. The van der Waals surface area contributed by atoms with Crippen molar-refractivity contribution < 1.29 is 14.1 Å². The smallest absolute Gasteiger partial charge is 0.323 e. The zero-order valence-electron chi connectivity index (χ0n) is 19.6. The molecule has 1 atom stereocenters. The highest BCUT2D eigenvalue weighted by molar-refractivity contribution is 5.94. The van der Waals surface area contributed by atoms with Crippen molar-refractivity contribution in [3.8, 4) is 6.07 Å². The molecule has 0 unspecified atom stereocenters. The van der Waals surface area contributed by atoms with E-state index in [4.69, 9.17) is 0 Å². The van der Waals surface area contributed by atoms with Gasteiger partial charge in [0.1, 0.15) is 0 Å². The molecular formula is C25H33N6O2+. The van der Waals surface area contributed by atoms with Crippen molar-refractivity contribution in [1.82, 2.24) is 15.6 Å². The highest BCUT2D eigenvalue weighted by Crippen LogP contribution is 2.13. The third-order valence-corrected chi connectivity index (χ3v) is 4.67. The van der Waals surface area contributed by atoms with E-state index >= 15 is 0 Å². The summed E-state index contributed by atoms with van der Waals surface area (Å²) in [6.07, 6.45) is 1.82. The second-order valence-corrected chi connectivity index (χ2v) is 8.98. The molecule has 8 nitrogen and oxygen atoms in total. The lowest BCUT2D eigenvalue weighted by atomic mass is 10.1. The van der Waals surface area contributed by atoms with Gasteiger partial charge in [-0.3, -0.25) is 15.0 Å². The van der Waals surface area contributed by atoms with Crippen LogP contribution < -0.4 is 10.7 Å². The van der Waals surface area contributed by atoms with Crippen molar-refractivity contribution in [2.24, 2.45) is 11.0 Å².